The first-order chi connectivity index (χ1) is 6.66. The first-order valence-corrected chi connectivity index (χ1v) is 5.28. The van der Waals surface area contributed by atoms with E-state index in [-0.39, 0.29) is 24.2 Å². The Morgan fingerprint density at radius 1 is 1.47 bits per heavy atom. The fourth-order valence-corrected chi connectivity index (χ4v) is 1.79. The van der Waals surface area contributed by atoms with Gasteiger partial charge in [-0.2, -0.15) is 0 Å². The maximum atomic E-state index is 9.25. The van der Waals surface area contributed by atoms with Gasteiger partial charge in [0, 0.05) is 6.04 Å². The number of aromatic hydroxyl groups is 1. The predicted octanol–water partition coefficient (Wildman–Crippen LogP) is 3.27. The van der Waals surface area contributed by atoms with Crippen LogP contribution in [0.2, 0.25) is 5.02 Å². The average Bonchev–Trinajstić information content (AvgIpc) is 2.93. The molecule has 1 aliphatic rings. The molecule has 4 heteroatoms. The summed E-state index contributed by atoms with van der Waals surface area (Å²) in [4.78, 5) is 0. The monoisotopic (exact) mass is 247 g/mol. The van der Waals surface area contributed by atoms with Crippen molar-refractivity contribution in [2.24, 2.45) is 11.7 Å². The van der Waals surface area contributed by atoms with E-state index >= 15 is 0 Å². The number of hydrogen-bond donors (Lipinski definition) is 2. The topological polar surface area (TPSA) is 46.2 Å². The molecule has 84 valence electrons. The van der Waals surface area contributed by atoms with Crippen LogP contribution in [-0.2, 0) is 0 Å². The number of rotatable bonds is 3. The Hall–Kier alpha value is -0.440. The second-order valence-corrected chi connectivity index (χ2v) is 4.40. The number of benzene rings is 1. The van der Waals surface area contributed by atoms with Gasteiger partial charge in [-0.05, 0) is 30.0 Å². The third-order valence-electron chi connectivity index (χ3n) is 2.68. The molecule has 1 aromatic rings. The van der Waals surface area contributed by atoms with Crippen LogP contribution in [0, 0.1) is 5.92 Å². The fraction of sp³-hybridized carbons (Fsp3) is 0.455. The van der Waals surface area contributed by atoms with Gasteiger partial charge < -0.3 is 10.8 Å². The molecule has 0 saturated heterocycles. The minimum absolute atomic E-state index is 0. The lowest BCUT2D eigenvalue weighted by molar-refractivity contribution is 0.475. The molecule has 0 aromatic heterocycles. The molecule has 1 aliphatic carbocycles. The molecule has 1 fully saturated rings. The van der Waals surface area contributed by atoms with Gasteiger partial charge in [0.25, 0.3) is 0 Å². The molecule has 0 aliphatic heterocycles. The van der Waals surface area contributed by atoms with E-state index in [1.165, 1.54) is 12.8 Å². The summed E-state index contributed by atoms with van der Waals surface area (Å²) >= 11 is 5.80. The summed E-state index contributed by atoms with van der Waals surface area (Å²) in [5.41, 5.74) is 7.03. The second-order valence-electron chi connectivity index (χ2n) is 4.00. The highest BCUT2D eigenvalue weighted by molar-refractivity contribution is 6.32. The van der Waals surface area contributed by atoms with Gasteiger partial charge >= 0.3 is 0 Å². The molecule has 1 saturated carbocycles. The maximum absolute atomic E-state index is 9.25. The molecule has 0 bridgehead atoms. The highest BCUT2D eigenvalue weighted by atomic mass is 35.5. The molecule has 1 aromatic carbocycles. The Bertz CT molecular complexity index is 339. The van der Waals surface area contributed by atoms with Gasteiger partial charge in [-0.3, -0.25) is 0 Å². The molecule has 0 radical (unpaired) electrons. The zero-order chi connectivity index (χ0) is 10.1. The molecule has 2 nitrogen and oxygen atoms in total. The van der Waals surface area contributed by atoms with Crippen molar-refractivity contribution in [1.29, 1.82) is 0 Å². The first kappa shape index (κ1) is 12.6. The van der Waals surface area contributed by atoms with Crippen LogP contribution in [-0.4, -0.2) is 5.11 Å². The van der Waals surface area contributed by atoms with Crippen molar-refractivity contribution < 1.29 is 5.11 Å². The van der Waals surface area contributed by atoms with Gasteiger partial charge in [0.15, 0.2) is 0 Å². The van der Waals surface area contributed by atoms with Crippen LogP contribution >= 0.6 is 24.0 Å². The summed E-state index contributed by atoms with van der Waals surface area (Å²) in [6, 6.07) is 5.25. The Morgan fingerprint density at radius 3 is 2.67 bits per heavy atom. The fourth-order valence-electron chi connectivity index (χ4n) is 1.60. The van der Waals surface area contributed by atoms with Gasteiger partial charge in [-0.15, -0.1) is 12.4 Å². The van der Waals surface area contributed by atoms with E-state index in [1.807, 2.05) is 6.07 Å². The van der Waals surface area contributed by atoms with Gasteiger partial charge in [-0.25, -0.2) is 0 Å². The molecule has 3 N–H and O–H groups in total. The predicted molar refractivity (Wildman–Crippen MR) is 64.6 cm³/mol. The van der Waals surface area contributed by atoms with E-state index in [2.05, 4.69) is 0 Å². The van der Waals surface area contributed by atoms with Crippen molar-refractivity contribution in [3.05, 3.63) is 28.8 Å². The normalized spacial score (nSPS) is 16.9. The van der Waals surface area contributed by atoms with Crippen LogP contribution in [0.25, 0.3) is 0 Å². The standard InChI is InChI=1S/C11H14ClNO.ClH/c12-9-6-8(3-4-11(9)14)10(13)5-7-1-2-7;/h3-4,6-7,10,14H,1-2,5,13H2;1H/t10-;/m0./s1. The Labute approximate surface area is 101 Å². The van der Waals surface area contributed by atoms with Crippen LogP contribution in [0.3, 0.4) is 0 Å². The van der Waals surface area contributed by atoms with Crippen molar-refractivity contribution in [2.45, 2.75) is 25.3 Å². The SMILES string of the molecule is Cl.N[C@@H](CC1CC1)c1ccc(O)c(Cl)c1. The van der Waals surface area contributed by atoms with Gasteiger partial charge in [-0.1, -0.05) is 30.5 Å². The molecular weight excluding hydrogens is 233 g/mol. The lowest BCUT2D eigenvalue weighted by Crippen LogP contribution is -2.10. The minimum Gasteiger partial charge on any atom is -0.506 e. The summed E-state index contributed by atoms with van der Waals surface area (Å²) < 4.78 is 0. The Balaban J connectivity index is 0.00000112. The van der Waals surface area contributed by atoms with E-state index in [0.29, 0.717) is 5.02 Å². The van der Waals surface area contributed by atoms with Crippen LogP contribution in [0.4, 0.5) is 0 Å². The summed E-state index contributed by atoms with van der Waals surface area (Å²) in [5, 5.41) is 9.63. The van der Waals surface area contributed by atoms with E-state index in [9.17, 15) is 5.11 Å². The molecule has 15 heavy (non-hydrogen) atoms. The molecule has 0 heterocycles. The van der Waals surface area contributed by atoms with E-state index < -0.39 is 0 Å². The molecule has 0 amide bonds. The summed E-state index contributed by atoms with van der Waals surface area (Å²) in [7, 11) is 0. The lowest BCUT2D eigenvalue weighted by Gasteiger charge is -2.11. The van der Waals surface area contributed by atoms with Crippen molar-refractivity contribution in [2.75, 3.05) is 0 Å². The summed E-state index contributed by atoms with van der Waals surface area (Å²) in [5.74, 6) is 0.923. The molecule has 2 rings (SSSR count). The smallest absolute Gasteiger partial charge is 0.134 e. The first-order valence-electron chi connectivity index (χ1n) is 4.91. The van der Waals surface area contributed by atoms with Gasteiger partial charge in [0.1, 0.15) is 5.75 Å². The highest BCUT2D eigenvalue weighted by Gasteiger charge is 2.24. The highest BCUT2D eigenvalue weighted by Crippen LogP contribution is 2.37. The van der Waals surface area contributed by atoms with Crippen molar-refractivity contribution in [3.8, 4) is 5.75 Å². The zero-order valence-electron chi connectivity index (χ0n) is 8.32. The molecule has 0 unspecified atom stereocenters. The number of halogens is 2. The largest absolute Gasteiger partial charge is 0.506 e. The quantitative estimate of drug-likeness (QED) is 0.862. The summed E-state index contributed by atoms with van der Waals surface area (Å²) in [6.45, 7) is 0. The maximum Gasteiger partial charge on any atom is 0.134 e. The van der Waals surface area contributed by atoms with Crippen molar-refractivity contribution in [1.82, 2.24) is 0 Å². The van der Waals surface area contributed by atoms with Crippen molar-refractivity contribution in [3.63, 3.8) is 0 Å². The second kappa shape index (κ2) is 5.06. The van der Waals surface area contributed by atoms with Crippen LogP contribution in [0.15, 0.2) is 18.2 Å². The number of hydrogen-bond acceptors (Lipinski definition) is 2. The van der Waals surface area contributed by atoms with Crippen LogP contribution < -0.4 is 5.73 Å². The third-order valence-corrected chi connectivity index (χ3v) is 2.99. The van der Waals surface area contributed by atoms with E-state index in [4.69, 9.17) is 17.3 Å². The molecule has 1 atom stereocenters. The van der Waals surface area contributed by atoms with E-state index in [0.717, 1.165) is 17.9 Å². The molecular formula is C11H15Cl2NO. The van der Waals surface area contributed by atoms with Gasteiger partial charge in [0.05, 0.1) is 5.02 Å². The minimum atomic E-state index is 0. The Kier molecular flexibility index (Phi) is 4.26. The number of phenolic OH excluding ortho intramolecular Hbond substituents is 1. The lowest BCUT2D eigenvalue weighted by atomic mass is 10.0. The number of phenols is 1. The zero-order valence-corrected chi connectivity index (χ0v) is 9.89. The van der Waals surface area contributed by atoms with Crippen LogP contribution in [0.1, 0.15) is 30.9 Å². The third kappa shape index (κ3) is 3.26. The number of nitrogens with two attached hydrogens (primary N) is 1. The van der Waals surface area contributed by atoms with Crippen LogP contribution in [0.5, 0.6) is 5.75 Å². The Morgan fingerprint density at radius 2 is 2.13 bits per heavy atom. The van der Waals surface area contributed by atoms with E-state index in [1.54, 1.807) is 12.1 Å². The summed E-state index contributed by atoms with van der Waals surface area (Å²) in [6.07, 6.45) is 3.64. The van der Waals surface area contributed by atoms with Crippen molar-refractivity contribution >= 4 is 24.0 Å². The van der Waals surface area contributed by atoms with Gasteiger partial charge in [0.2, 0.25) is 0 Å². The average molecular weight is 248 g/mol. The molecule has 0 spiro atoms.